The van der Waals surface area contributed by atoms with E-state index in [4.69, 9.17) is 5.11 Å². The van der Waals surface area contributed by atoms with Crippen LogP contribution >= 0.6 is 0 Å². The highest BCUT2D eigenvalue weighted by atomic mass is 32.2. The molecule has 1 atom stereocenters. The topological polar surface area (TPSA) is 101 Å². The van der Waals surface area contributed by atoms with E-state index in [0.717, 1.165) is 28.2 Å². The number of hydrogen-bond acceptors (Lipinski definition) is 4. The zero-order chi connectivity index (χ0) is 23.3. The predicted molar refractivity (Wildman–Crippen MR) is 127 cm³/mol. The van der Waals surface area contributed by atoms with Gasteiger partial charge in [-0.05, 0) is 53.3 Å². The van der Waals surface area contributed by atoms with Gasteiger partial charge in [0.05, 0.1) is 11.7 Å². The molecule has 0 aromatic heterocycles. The fourth-order valence-corrected chi connectivity index (χ4v) is 4.58. The zero-order valence-electron chi connectivity index (χ0n) is 18.2. The maximum atomic E-state index is 13.2. The van der Waals surface area contributed by atoms with Gasteiger partial charge in [0.15, 0.2) is 9.84 Å². The summed E-state index contributed by atoms with van der Waals surface area (Å²) in [6.07, 6.45) is 2.06. The fraction of sp³-hybridized carbons (Fsp3) is 0.280. The van der Waals surface area contributed by atoms with Gasteiger partial charge >= 0.3 is 5.97 Å². The molecule has 0 aliphatic heterocycles. The molecule has 0 radical (unpaired) electrons. The first-order valence-corrected chi connectivity index (χ1v) is 12.5. The monoisotopic (exact) mass is 453 g/mol. The normalized spacial score (nSPS) is 12.4. The predicted octanol–water partition coefficient (Wildman–Crippen LogP) is 4.53. The van der Waals surface area contributed by atoms with E-state index in [1.807, 2.05) is 49.4 Å². The number of carboxylic acids is 1. The average Bonchev–Trinajstić information content (AvgIpc) is 2.73. The minimum absolute atomic E-state index is 0.0187. The van der Waals surface area contributed by atoms with Crippen molar-refractivity contribution in [3.63, 3.8) is 0 Å². The Morgan fingerprint density at radius 3 is 2.47 bits per heavy atom. The van der Waals surface area contributed by atoms with Crippen molar-refractivity contribution in [3.8, 4) is 0 Å². The minimum atomic E-state index is -3.24. The summed E-state index contributed by atoms with van der Waals surface area (Å²) in [6.45, 7) is 1.83. The Labute approximate surface area is 188 Å². The molecule has 168 valence electrons. The molecular weight excluding hydrogens is 426 g/mol. The Balaban J connectivity index is 1.89. The number of rotatable bonds is 9. The number of nitrogens with one attached hydrogen (secondary N) is 1. The number of benzene rings is 3. The molecular formula is C25H27NO5S. The van der Waals surface area contributed by atoms with Crippen molar-refractivity contribution in [3.05, 3.63) is 77.4 Å². The van der Waals surface area contributed by atoms with Gasteiger partial charge in [-0.2, -0.15) is 0 Å². The van der Waals surface area contributed by atoms with E-state index < -0.39 is 21.7 Å². The van der Waals surface area contributed by atoms with Gasteiger partial charge in [0, 0.05) is 18.4 Å². The second-order valence-electron chi connectivity index (χ2n) is 8.09. The van der Waals surface area contributed by atoms with E-state index in [1.165, 1.54) is 0 Å². The molecule has 0 aliphatic rings. The maximum Gasteiger partial charge on any atom is 0.303 e. The van der Waals surface area contributed by atoms with Gasteiger partial charge < -0.3 is 10.4 Å². The molecule has 2 N–H and O–H groups in total. The summed E-state index contributed by atoms with van der Waals surface area (Å²) in [5.41, 5.74) is 2.78. The molecule has 7 heteroatoms. The summed E-state index contributed by atoms with van der Waals surface area (Å²) < 4.78 is 23.5. The molecule has 1 amide bonds. The quantitative estimate of drug-likeness (QED) is 0.496. The number of carbonyl (C=O) groups is 2. The van der Waals surface area contributed by atoms with Gasteiger partial charge in [-0.25, -0.2) is 8.42 Å². The smallest absolute Gasteiger partial charge is 0.303 e. The van der Waals surface area contributed by atoms with Crippen LogP contribution in [0.5, 0.6) is 0 Å². The van der Waals surface area contributed by atoms with Crippen LogP contribution in [0.2, 0.25) is 0 Å². The lowest BCUT2D eigenvalue weighted by atomic mass is 9.94. The van der Waals surface area contributed by atoms with Crippen molar-refractivity contribution in [2.24, 2.45) is 0 Å². The molecule has 0 spiro atoms. The summed E-state index contributed by atoms with van der Waals surface area (Å²) in [5.74, 6) is -1.66. The minimum Gasteiger partial charge on any atom is -0.481 e. The van der Waals surface area contributed by atoms with E-state index >= 15 is 0 Å². The van der Waals surface area contributed by atoms with Crippen LogP contribution in [-0.4, -0.2) is 31.7 Å². The highest BCUT2D eigenvalue weighted by Gasteiger charge is 2.19. The lowest BCUT2D eigenvalue weighted by Crippen LogP contribution is -2.20. The van der Waals surface area contributed by atoms with Crippen LogP contribution in [0.1, 0.15) is 42.4 Å². The molecule has 0 fully saturated rings. The standard InChI is InChI=1S/C25H27NO5S/c1-17(21-11-5-8-19-7-3-4-10-22(19)21)25(29)26-23-15-18(16-32(2,30)31)13-14-20(23)9-6-12-24(27)28/h3-5,7-8,10-11,13-15,17H,6,9,12,16H2,1-2H3,(H,26,29)(H,27,28). The number of fused-ring (bicyclic) bond motifs is 1. The van der Waals surface area contributed by atoms with Gasteiger partial charge in [0.2, 0.25) is 5.91 Å². The number of anilines is 1. The van der Waals surface area contributed by atoms with Gasteiger partial charge in [-0.3, -0.25) is 9.59 Å². The molecule has 0 aliphatic carbocycles. The molecule has 0 saturated heterocycles. The highest BCUT2D eigenvalue weighted by Crippen LogP contribution is 2.28. The zero-order valence-corrected chi connectivity index (χ0v) is 19.0. The highest BCUT2D eigenvalue weighted by molar-refractivity contribution is 7.89. The van der Waals surface area contributed by atoms with Crippen LogP contribution in [0.25, 0.3) is 10.8 Å². The Kier molecular flexibility index (Phi) is 7.30. The Bertz CT molecular complexity index is 1240. The molecule has 0 heterocycles. The third-order valence-electron chi connectivity index (χ3n) is 5.38. The van der Waals surface area contributed by atoms with E-state index in [9.17, 15) is 18.0 Å². The fourth-order valence-electron chi connectivity index (χ4n) is 3.79. The van der Waals surface area contributed by atoms with Gasteiger partial charge in [-0.15, -0.1) is 0 Å². The van der Waals surface area contributed by atoms with Crippen molar-refractivity contribution >= 4 is 38.2 Å². The second-order valence-corrected chi connectivity index (χ2v) is 10.2. The Morgan fingerprint density at radius 1 is 1.03 bits per heavy atom. The average molecular weight is 454 g/mol. The summed E-state index contributed by atoms with van der Waals surface area (Å²) in [7, 11) is -3.24. The van der Waals surface area contributed by atoms with Crippen molar-refractivity contribution in [2.45, 2.75) is 37.9 Å². The third-order valence-corrected chi connectivity index (χ3v) is 6.24. The van der Waals surface area contributed by atoms with Crippen molar-refractivity contribution < 1.29 is 23.1 Å². The first-order valence-electron chi connectivity index (χ1n) is 10.4. The van der Waals surface area contributed by atoms with Crippen LogP contribution in [0.15, 0.2) is 60.7 Å². The van der Waals surface area contributed by atoms with E-state index in [2.05, 4.69) is 5.32 Å². The van der Waals surface area contributed by atoms with E-state index in [0.29, 0.717) is 24.1 Å². The van der Waals surface area contributed by atoms with Crippen LogP contribution < -0.4 is 5.32 Å². The van der Waals surface area contributed by atoms with E-state index in [-0.39, 0.29) is 18.1 Å². The summed E-state index contributed by atoms with van der Waals surface area (Å²) in [6, 6.07) is 18.9. The maximum absolute atomic E-state index is 13.2. The number of aliphatic carboxylic acids is 1. The second kappa shape index (κ2) is 9.96. The van der Waals surface area contributed by atoms with E-state index in [1.54, 1.807) is 18.2 Å². The molecule has 0 saturated carbocycles. The lowest BCUT2D eigenvalue weighted by Gasteiger charge is -2.18. The number of hydrogen-bond donors (Lipinski definition) is 2. The van der Waals surface area contributed by atoms with Crippen molar-refractivity contribution in [2.75, 3.05) is 11.6 Å². The first kappa shape index (κ1) is 23.5. The van der Waals surface area contributed by atoms with Crippen LogP contribution in [0.4, 0.5) is 5.69 Å². The van der Waals surface area contributed by atoms with Gasteiger partial charge in [0.25, 0.3) is 0 Å². The number of aryl methyl sites for hydroxylation is 1. The molecule has 3 aromatic rings. The number of carboxylic acid groups (broad SMARTS) is 1. The van der Waals surface area contributed by atoms with Gasteiger partial charge in [-0.1, -0.05) is 54.6 Å². The first-order chi connectivity index (χ1) is 15.1. The molecule has 3 aromatic carbocycles. The molecule has 0 bridgehead atoms. The number of carbonyl (C=O) groups excluding carboxylic acids is 1. The molecule has 3 rings (SSSR count). The largest absolute Gasteiger partial charge is 0.481 e. The molecule has 32 heavy (non-hydrogen) atoms. The van der Waals surface area contributed by atoms with Gasteiger partial charge in [0.1, 0.15) is 0 Å². The Morgan fingerprint density at radius 2 is 1.75 bits per heavy atom. The summed E-state index contributed by atoms with van der Waals surface area (Å²) in [4.78, 5) is 24.0. The Hall–Kier alpha value is -3.19. The SMILES string of the molecule is CC(C(=O)Nc1cc(CS(C)(=O)=O)ccc1CCCC(=O)O)c1cccc2ccccc12. The molecule has 1 unspecified atom stereocenters. The molecule has 6 nitrogen and oxygen atoms in total. The van der Waals surface area contributed by atoms with Crippen LogP contribution in [0.3, 0.4) is 0 Å². The van der Waals surface area contributed by atoms with Crippen molar-refractivity contribution in [1.82, 2.24) is 0 Å². The lowest BCUT2D eigenvalue weighted by molar-refractivity contribution is -0.137. The van der Waals surface area contributed by atoms with Crippen LogP contribution in [0, 0.1) is 0 Å². The summed E-state index contributed by atoms with van der Waals surface area (Å²) in [5, 5.41) is 13.9. The number of amides is 1. The summed E-state index contributed by atoms with van der Waals surface area (Å²) >= 11 is 0. The van der Waals surface area contributed by atoms with Crippen molar-refractivity contribution in [1.29, 1.82) is 0 Å². The third kappa shape index (κ3) is 6.17. The van der Waals surface area contributed by atoms with Crippen LogP contribution in [-0.2, 0) is 31.6 Å². The number of sulfone groups is 1.